The first-order valence-electron chi connectivity index (χ1n) is 8.11. The minimum Gasteiger partial charge on any atom is -0.383 e. The molecule has 4 rings (SSSR count). The first kappa shape index (κ1) is 16.9. The zero-order valence-corrected chi connectivity index (χ0v) is 14.0. The van der Waals surface area contributed by atoms with Gasteiger partial charge in [0.2, 0.25) is 0 Å². The molecule has 0 aliphatic carbocycles. The van der Waals surface area contributed by atoms with Crippen LogP contribution in [0.3, 0.4) is 0 Å². The lowest BCUT2D eigenvalue weighted by Crippen LogP contribution is -2.42. The molecule has 0 radical (unpaired) electrons. The van der Waals surface area contributed by atoms with Gasteiger partial charge in [-0.1, -0.05) is 60.7 Å². The van der Waals surface area contributed by atoms with Gasteiger partial charge < -0.3 is 4.74 Å². The minimum atomic E-state index is -0.244. The Kier molecular flexibility index (Phi) is 5.21. The number of amides is 2. The first-order valence-corrected chi connectivity index (χ1v) is 8.11. The van der Waals surface area contributed by atoms with Crippen molar-refractivity contribution in [2.45, 2.75) is 0 Å². The number of hydrogen-bond donors (Lipinski definition) is 0. The lowest BCUT2D eigenvalue weighted by atomic mass is 9.94. The fraction of sp³-hybridized carbons (Fsp3) is 0.143. The molecule has 0 atom stereocenters. The maximum atomic E-state index is 12.4. The van der Waals surface area contributed by atoms with Gasteiger partial charge in [0.15, 0.2) is 0 Å². The van der Waals surface area contributed by atoms with Crippen molar-refractivity contribution in [1.29, 1.82) is 0 Å². The van der Waals surface area contributed by atoms with Gasteiger partial charge in [-0.15, -0.1) is 0 Å². The normalized spacial score (nSPS) is 12.8. The second kappa shape index (κ2) is 7.73. The summed E-state index contributed by atoms with van der Waals surface area (Å²) in [6.45, 7) is 0.620. The molecule has 1 heterocycles. The largest absolute Gasteiger partial charge is 0.383 e. The van der Waals surface area contributed by atoms with E-state index in [4.69, 9.17) is 4.74 Å². The second-order valence-corrected chi connectivity index (χ2v) is 5.62. The van der Waals surface area contributed by atoms with E-state index in [-0.39, 0.29) is 18.4 Å². The summed E-state index contributed by atoms with van der Waals surface area (Å²) in [5, 5.41) is 1.68. The summed E-state index contributed by atoms with van der Waals surface area (Å²) < 4.78 is 4.96. The fourth-order valence-corrected chi connectivity index (χ4v) is 2.85. The number of carbonyl (C=O) groups excluding carboxylic acids is 2. The summed E-state index contributed by atoms with van der Waals surface area (Å²) in [6, 6.07) is 23.0. The Morgan fingerprint density at radius 2 is 1.24 bits per heavy atom. The lowest BCUT2D eigenvalue weighted by Gasteiger charge is -2.26. The number of carbonyl (C=O) groups is 2. The molecule has 2 amide bonds. The van der Waals surface area contributed by atoms with Crippen molar-refractivity contribution in [3.63, 3.8) is 0 Å². The number of hydrogen-bond acceptors (Lipinski definition) is 3. The molecule has 0 saturated heterocycles. The minimum absolute atomic E-state index is 0.244. The van der Waals surface area contributed by atoms with Crippen LogP contribution < -0.4 is 0 Å². The Hall–Kier alpha value is -2.98. The van der Waals surface area contributed by atoms with Crippen molar-refractivity contribution in [2.75, 3.05) is 20.3 Å². The van der Waals surface area contributed by atoms with Crippen molar-refractivity contribution in [3.8, 4) is 0 Å². The Bertz CT molecular complexity index is 813. The van der Waals surface area contributed by atoms with Gasteiger partial charge in [-0.05, 0) is 17.5 Å². The molecule has 25 heavy (non-hydrogen) atoms. The molecule has 0 unspecified atom stereocenters. The summed E-state index contributed by atoms with van der Waals surface area (Å²) in [5.41, 5.74) is 1.17. The molecule has 0 fully saturated rings. The van der Waals surface area contributed by atoms with Gasteiger partial charge in [0.1, 0.15) is 0 Å². The number of benzene rings is 3. The molecular formula is C21H19NO3. The molecule has 0 bridgehead atoms. The van der Waals surface area contributed by atoms with E-state index >= 15 is 0 Å². The van der Waals surface area contributed by atoms with Crippen molar-refractivity contribution in [2.24, 2.45) is 0 Å². The van der Waals surface area contributed by atoms with E-state index in [2.05, 4.69) is 0 Å². The molecule has 4 heteroatoms. The average molecular weight is 333 g/mol. The predicted octanol–water partition coefficient (Wildman–Crippen LogP) is 3.77. The van der Waals surface area contributed by atoms with E-state index in [1.807, 2.05) is 60.7 Å². The number of methoxy groups -OCH3 is 1. The third-order valence-electron chi connectivity index (χ3n) is 4.04. The monoisotopic (exact) mass is 333 g/mol. The highest BCUT2D eigenvalue weighted by Crippen LogP contribution is 2.29. The fourth-order valence-electron chi connectivity index (χ4n) is 2.85. The summed E-state index contributed by atoms with van der Waals surface area (Å²) >= 11 is 0. The average Bonchev–Trinajstić information content (AvgIpc) is 2.68. The molecule has 3 aromatic rings. The highest BCUT2D eigenvalue weighted by Gasteiger charge is 2.31. The van der Waals surface area contributed by atoms with Crippen LogP contribution in [0.15, 0.2) is 72.8 Å². The zero-order chi connectivity index (χ0) is 17.6. The van der Waals surface area contributed by atoms with Gasteiger partial charge in [-0.25, -0.2) is 0 Å². The third-order valence-corrected chi connectivity index (χ3v) is 4.04. The summed E-state index contributed by atoms with van der Waals surface area (Å²) in [7, 11) is 1.55. The van der Waals surface area contributed by atoms with Gasteiger partial charge in [0, 0.05) is 23.6 Å². The number of imide groups is 1. The molecular weight excluding hydrogens is 314 g/mol. The van der Waals surface area contributed by atoms with Crippen molar-refractivity contribution < 1.29 is 14.3 Å². The maximum absolute atomic E-state index is 12.4. The Balaban J connectivity index is 0.000000258. The predicted molar refractivity (Wildman–Crippen MR) is 97.6 cm³/mol. The zero-order valence-electron chi connectivity index (χ0n) is 14.0. The Morgan fingerprint density at radius 1 is 0.760 bits per heavy atom. The molecule has 0 spiro atoms. The molecule has 4 nitrogen and oxygen atoms in total. The molecule has 1 aliphatic rings. The van der Waals surface area contributed by atoms with E-state index in [1.54, 1.807) is 19.2 Å². The molecule has 0 saturated carbocycles. The summed E-state index contributed by atoms with van der Waals surface area (Å²) in [5.74, 6) is -0.488. The maximum Gasteiger partial charge on any atom is 0.261 e. The van der Waals surface area contributed by atoms with Gasteiger partial charge in [-0.2, -0.15) is 0 Å². The van der Waals surface area contributed by atoms with E-state index in [9.17, 15) is 9.59 Å². The van der Waals surface area contributed by atoms with Crippen molar-refractivity contribution in [1.82, 2.24) is 4.90 Å². The molecule has 0 N–H and O–H groups in total. The standard InChI is InChI=1S/C15H13NO3.C6H6/c1-19-9-8-16-14(17)11-6-2-4-10-5-3-7-12(13(10)11)15(16)18;1-2-4-6-5-3-1/h2-7H,8-9H2,1H3;1-6H. The lowest BCUT2D eigenvalue weighted by molar-refractivity contribution is 0.0560. The third kappa shape index (κ3) is 3.44. The molecule has 3 aromatic carbocycles. The van der Waals surface area contributed by atoms with Crippen LogP contribution in [-0.2, 0) is 4.74 Å². The van der Waals surface area contributed by atoms with Gasteiger partial charge >= 0.3 is 0 Å². The smallest absolute Gasteiger partial charge is 0.261 e. The number of ether oxygens (including phenoxy) is 1. The van der Waals surface area contributed by atoms with Crippen molar-refractivity contribution >= 4 is 22.6 Å². The topological polar surface area (TPSA) is 46.6 Å². The van der Waals surface area contributed by atoms with Crippen LogP contribution in [0.4, 0.5) is 0 Å². The number of rotatable bonds is 3. The Morgan fingerprint density at radius 3 is 1.68 bits per heavy atom. The molecule has 126 valence electrons. The first-order chi connectivity index (χ1) is 12.2. The van der Waals surface area contributed by atoms with Crippen LogP contribution in [0.2, 0.25) is 0 Å². The summed E-state index contributed by atoms with van der Waals surface area (Å²) in [4.78, 5) is 26.0. The molecule has 0 aromatic heterocycles. The van der Waals surface area contributed by atoms with E-state index < -0.39 is 0 Å². The van der Waals surface area contributed by atoms with Crippen LogP contribution >= 0.6 is 0 Å². The Labute approximate surface area is 146 Å². The van der Waals surface area contributed by atoms with Crippen LogP contribution in [0.5, 0.6) is 0 Å². The quantitative estimate of drug-likeness (QED) is 0.686. The van der Waals surface area contributed by atoms with Crippen LogP contribution in [0.1, 0.15) is 20.7 Å². The van der Waals surface area contributed by atoms with Crippen LogP contribution in [-0.4, -0.2) is 37.0 Å². The SMILES string of the molecule is COCCN1C(=O)c2cccc3cccc(c23)C1=O.c1ccccc1. The van der Waals surface area contributed by atoms with Gasteiger partial charge in [-0.3, -0.25) is 14.5 Å². The van der Waals surface area contributed by atoms with Gasteiger partial charge in [0.05, 0.1) is 13.2 Å². The molecule has 1 aliphatic heterocycles. The second-order valence-electron chi connectivity index (χ2n) is 5.62. The van der Waals surface area contributed by atoms with Crippen LogP contribution in [0.25, 0.3) is 10.8 Å². The summed E-state index contributed by atoms with van der Waals surface area (Å²) in [6.07, 6.45) is 0. The van der Waals surface area contributed by atoms with E-state index in [0.717, 1.165) is 10.8 Å². The van der Waals surface area contributed by atoms with Gasteiger partial charge in [0.25, 0.3) is 11.8 Å². The highest BCUT2D eigenvalue weighted by atomic mass is 16.5. The van der Waals surface area contributed by atoms with Crippen molar-refractivity contribution in [3.05, 3.63) is 83.9 Å². The van der Waals surface area contributed by atoms with E-state index in [1.165, 1.54) is 4.90 Å². The highest BCUT2D eigenvalue weighted by molar-refractivity contribution is 6.25. The van der Waals surface area contributed by atoms with E-state index in [0.29, 0.717) is 17.7 Å². The number of nitrogens with zero attached hydrogens (tertiary/aromatic N) is 1. The van der Waals surface area contributed by atoms with Crippen LogP contribution in [0, 0.1) is 0 Å².